The molecule has 3 N–H and O–H groups in total. The van der Waals surface area contributed by atoms with Crippen molar-refractivity contribution in [3.63, 3.8) is 0 Å². The molecule has 0 aromatic heterocycles. The second kappa shape index (κ2) is 14.1. The van der Waals surface area contributed by atoms with E-state index < -0.39 is 22.0 Å². The standard InChI is InChI=1S/C28H31BrN2O6S/c1-37-24-14-5-20(6-15-24)7-18-27(32)30-19-3-2-4-26(28(33)34)31-38(35,36)25-16-10-22(11-17-25)21-8-12-23(29)13-9-21/h5-6,8-17,26,31H,2-4,7,18-19H2,1H3,(H,30,32)(H,33,34). The second-order valence-electron chi connectivity index (χ2n) is 8.74. The van der Waals surface area contributed by atoms with Crippen LogP contribution in [0, 0.1) is 0 Å². The van der Waals surface area contributed by atoms with E-state index in [2.05, 4.69) is 26.0 Å². The highest BCUT2D eigenvalue weighted by atomic mass is 79.9. The average molecular weight is 604 g/mol. The number of amides is 1. The number of methoxy groups -OCH3 is 1. The molecule has 0 saturated heterocycles. The third kappa shape index (κ3) is 8.97. The maximum atomic E-state index is 12.8. The van der Waals surface area contributed by atoms with Crippen molar-refractivity contribution in [2.75, 3.05) is 13.7 Å². The summed E-state index contributed by atoms with van der Waals surface area (Å²) in [5.41, 5.74) is 2.80. The number of halogens is 1. The Kier molecular flexibility index (Phi) is 10.9. The summed E-state index contributed by atoms with van der Waals surface area (Å²) in [4.78, 5) is 23.8. The molecule has 0 heterocycles. The van der Waals surface area contributed by atoms with Crippen LogP contribution in [0.1, 0.15) is 31.2 Å². The number of hydrogen-bond acceptors (Lipinski definition) is 5. The topological polar surface area (TPSA) is 122 Å². The minimum absolute atomic E-state index is 0.00580. The molecule has 0 radical (unpaired) electrons. The Morgan fingerprint density at radius 3 is 2.11 bits per heavy atom. The summed E-state index contributed by atoms with van der Waals surface area (Å²) in [5.74, 6) is -0.582. The second-order valence-corrected chi connectivity index (χ2v) is 11.4. The summed E-state index contributed by atoms with van der Waals surface area (Å²) >= 11 is 3.38. The predicted octanol–water partition coefficient (Wildman–Crippen LogP) is 4.78. The Morgan fingerprint density at radius 2 is 1.53 bits per heavy atom. The first-order chi connectivity index (χ1) is 18.2. The fraction of sp³-hybridized carbons (Fsp3) is 0.286. The van der Waals surface area contributed by atoms with Gasteiger partial charge >= 0.3 is 5.97 Å². The van der Waals surface area contributed by atoms with Gasteiger partial charge in [0.1, 0.15) is 11.8 Å². The molecule has 8 nitrogen and oxygen atoms in total. The third-order valence-electron chi connectivity index (χ3n) is 5.98. The average Bonchev–Trinajstić information content (AvgIpc) is 2.91. The van der Waals surface area contributed by atoms with E-state index in [4.69, 9.17) is 4.74 Å². The van der Waals surface area contributed by atoms with Crippen LogP contribution in [0.5, 0.6) is 5.75 Å². The van der Waals surface area contributed by atoms with Crippen LogP contribution >= 0.6 is 15.9 Å². The van der Waals surface area contributed by atoms with Crippen molar-refractivity contribution < 1.29 is 27.9 Å². The first-order valence-corrected chi connectivity index (χ1v) is 14.5. The quantitative estimate of drug-likeness (QED) is 0.228. The molecule has 1 atom stereocenters. The monoisotopic (exact) mass is 602 g/mol. The Morgan fingerprint density at radius 1 is 0.921 bits per heavy atom. The number of carbonyl (C=O) groups excluding carboxylic acids is 1. The smallest absolute Gasteiger partial charge is 0.321 e. The van der Waals surface area contributed by atoms with E-state index in [1.54, 1.807) is 19.2 Å². The number of sulfonamides is 1. The number of rotatable bonds is 14. The van der Waals surface area contributed by atoms with Crippen LogP contribution in [-0.4, -0.2) is 45.1 Å². The fourth-order valence-corrected chi connectivity index (χ4v) is 5.28. The number of carboxylic acids is 1. The molecule has 1 unspecified atom stereocenters. The molecule has 0 spiro atoms. The largest absolute Gasteiger partial charge is 0.497 e. The Balaban J connectivity index is 1.43. The van der Waals surface area contributed by atoms with E-state index >= 15 is 0 Å². The molecule has 3 rings (SSSR count). The van der Waals surface area contributed by atoms with Crippen molar-refractivity contribution in [2.45, 2.75) is 43.0 Å². The predicted molar refractivity (Wildman–Crippen MR) is 149 cm³/mol. The highest BCUT2D eigenvalue weighted by Gasteiger charge is 2.25. The lowest BCUT2D eigenvalue weighted by Crippen LogP contribution is -2.40. The maximum Gasteiger partial charge on any atom is 0.321 e. The summed E-state index contributed by atoms with van der Waals surface area (Å²) in [5, 5.41) is 12.4. The zero-order valence-corrected chi connectivity index (χ0v) is 23.4. The lowest BCUT2D eigenvalue weighted by atomic mass is 10.1. The summed E-state index contributed by atoms with van der Waals surface area (Å²) < 4.78 is 33.9. The fourth-order valence-electron chi connectivity index (χ4n) is 3.80. The van der Waals surface area contributed by atoms with Crippen LogP contribution in [0.4, 0.5) is 0 Å². The molecule has 10 heteroatoms. The van der Waals surface area contributed by atoms with Gasteiger partial charge in [-0.15, -0.1) is 0 Å². The normalized spacial score (nSPS) is 12.1. The van der Waals surface area contributed by atoms with E-state index in [-0.39, 0.29) is 17.2 Å². The van der Waals surface area contributed by atoms with Crippen LogP contribution in [0.25, 0.3) is 11.1 Å². The van der Waals surface area contributed by atoms with E-state index in [0.717, 1.165) is 26.9 Å². The van der Waals surface area contributed by atoms with Gasteiger partial charge in [-0.05, 0) is 78.8 Å². The Hall–Kier alpha value is -3.21. The van der Waals surface area contributed by atoms with Crippen LogP contribution in [0.3, 0.4) is 0 Å². The van der Waals surface area contributed by atoms with Gasteiger partial charge in [0.25, 0.3) is 0 Å². The molecular weight excluding hydrogens is 572 g/mol. The SMILES string of the molecule is COc1ccc(CCC(=O)NCCCCC(NS(=O)(=O)c2ccc(-c3ccc(Br)cc3)cc2)C(=O)O)cc1. The molecule has 0 saturated carbocycles. The third-order valence-corrected chi connectivity index (χ3v) is 8.00. The number of nitrogens with one attached hydrogen (secondary N) is 2. The number of hydrogen-bond donors (Lipinski definition) is 3. The lowest BCUT2D eigenvalue weighted by Gasteiger charge is -2.15. The Labute approximate surface area is 231 Å². The van der Waals surface area contributed by atoms with Gasteiger partial charge in [-0.3, -0.25) is 9.59 Å². The van der Waals surface area contributed by atoms with Gasteiger partial charge in [0.05, 0.1) is 12.0 Å². The van der Waals surface area contributed by atoms with Crippen molar-refractivity contribution >= 4 is 37.8 Å². The number of benzene rings is 3. The summed E-state index contributed by atoms with van der Waals surface area (Å²) in [6.07, 6.45) is 2.00. The molecule has 202 valence electrons. The van der Waals surface area contributed by atoms with E-state index in [1.165, 1.54) is 12.1 Å². The minimum Gasteiger partial charge on any atom is -0.497 e. The van der Waals surface area contributed by atoms with Gasteiger partial charge in [0.2, 0.25) is 15.9 Å². The van der Waals surface area contributed by atoms with Crippen LogP contribution in [-0.2, 0) is 26.0 Å². The number of unbranched alkanes of at least 4 members (excludes halogenated alkanes) is 1. The van der Waals surface area contributed by atoms with E-state index in [9.17, 15) is 23.1 Å². The van der Waals surface area contributed by atoms with Crippen LogP contribution in [0.2, 0.25) is 0 Å². The number of aliphatic carboxylic acids is 1. The molecule has 3 aromatic rings. The van der Waals surface area contributed by atoms with Gasteiger partial charge in [0, 0.05) is 17.4 Å². The van der Waals surface area contributed by atoms with Crippen LogP contribution < -0.4 is 14.8 Å². The minimum atomic E-state index is -4.02. The van der Waals surface area contributed by atoms with Crippen molar-refractivity contribution in [1.82, 2.24) is 10.0 Å². The highest BCUT2D eigenvalue weighted by Crippen LogP contribution is 2.23. The van der Waals surface area contributed by atoms with Gasteiger partial charge in [-0.1, -0.05) is 52.3 Å². The highest BCUT2D eigenvalue weighted by molar-refractivity contribution is 9.10. The van der Waals surface area contributed by atoms with Crippen molar-refractivity contribution in [2.24, 2.45) is 0 Å². The maximum absolute atomic E-state index is 12.8. The molecule has 1 amide bonds. The van der Waals surface area contributed by atoms with Gasteiger partial charge in [-0.25, -0.2) is 8.42 Å². The summed E-state index contributed by atoms with van der Waals surface area (Å²) in [6, 6.07) is 20.2. The molecule has 0 bridgehead atoms. The Bertz CT molecular complexity index is 1310. The summed E-state index contributed by atoms with van der Waals surface area (Å²) in [6.45, 7) is 0.387. The molecule has 3 aromatic carbocycles. The van der Waals surface area contributed by atoms with Crippen molar-refractivity contribution in [3.05, 3.63) is 82.8 Å². The zero-order valence-electron chi connectivity index (χ0n) is 21.0. The number of carbonyl (C=O) groups is 2. The lowest BCUT2D eigenvalue weighted by molar-refractivity contribution is -0.139. The van der Waals surface area contributed by atoms with Gasteiger partial charge in [0.15, 0.2) is 0 Å². The van der Waals surface area contributed by atoms with E-state index in [0.29, 0.717) is 32.2 Å². The molecule has 0 aliphatic heterocycles. The van der Waals surface area contributed by atoms with Gasteiger partial charge < -0.3 is 15.2 Å². The first kappa shape index (κ1) is 29.3. The molecule has 0 aliphatic carbocycles. The molecule has 0 fully saturated rings. The molecule has 0 aliphatic rings. The van der Waals surface area contributed by atoms with Crippen LogP contribution in [0.15, 0.2) is 82.2 Å². The molecule has 38 heavy (non-hydrogen) atoms. The molecular formula is C28H31BrN2O6S. The van der Waals surface area contributed by atoms with Crippen molar-refractivity contribution in [3.8, 4) is 16.9 Å². The van der Waals surface area contributed by atoms with E-state index in [1.807, 2.05) is 48.5 Å². The number of carboxylic acid groups (broad SMARTS) is 1. The number of ether oxygens (including phenoxy) is 1. The summed E-state index contributed by atoms with van der Waals surface area (Å²) in [7, 11) is -2.42. The van der Waals surface area contributed by atoms with Crippen molar-refractivity contribution in [1.29, 1.82) is 0 Å². The number of aryl methyl sites for hydroxylation is 1. The zero-order chi connectivity index (χ0) is 27.5. The first-order valence-electron chi connectivity index (χ1n) is 12.2. The van der Waals surface area contributed by atoms with Gasteiger partial charge in [-0.2, -0.15) is 4.72 Å².